The van der Waals surface area contributed by atoms with Gasteiger partial charge in [-0.1, -0.05) is 11.6 Å². The molecule has 6 nitrogen and oxygen atoms in total. The minimum absolute atomic E-state index is 0.229. The first-order valence-corrected chi connectivity index (χ1v) is 7.45. The van der Waals surface area contributed by atoms with Crippen molar-refractivity contribution in [3.05, 3.63) is 65.7 Å². The molecule has 0 aliphatic carbocycles. The lowest BCUT2D eigenvalue weighted by molar-refractivity contribution is 0.0996. The van der Waals surface area contributed by atoms with Crippen LogP contribution in [-0.2, 0) is 0 Å². The van der Waals surface area contributed by atoms with Crippen LogP contribution in [0.3, 0.4) is 0 Å². The number of ether oxygens (including phenoxy) is 1. The zero-order chi connectivity index (χ0) is 16.9. The molecule has 122 valence electrons. The van der Waals surface area contributed by atoms with E-state index in [1.165, 1.54) is 6.26 Å². The summed E-state index contributed by atoms with van der Waals surface area (Å²) in [5, 5.41) is 6.33. The highest BCUT2D eigenvalue weighted by atomic mass is 35.5. The van der Waals surface area contributed by atoms with Gasteiger partial charge in [-0.3, -0.25) is 4.79 Å². The highest BCUT2D eigenvalue weighted by molar-refractivity contribution is 6.32. The van der Waals surface area contributed by atoms with E-state index in [4.69, 9.17) is 20.8 Å². The lowest BCUT2D eigenvalue weighted by Gasteiger charge is -2.09. The Hall–Kier alpha value is -2.99. The van der Waals surface area contributed by atoms with E-state index in [-0.39, 0.29) is 11.7 Å². The number of nitrogens with one attached hydrogen (secondary N) is 2. The van der Waals surface area contributed by atoms with Crippen molar-refractivity contribution in [1.29, 1.82) is 0 Å². The lowest BCUT2D eigenvalue weighted by Crippen LogP contribution is -2.11. The van der Waals surface area contributed by atoms with Crippen LogP contribution in [0.2, 0.25) is 5.02 Å². The van der Waals surface area contributed by atoms with Gasteiger partial charge in [0.05, 0.1) is 30.3 Å². The molecule has 2 heterocycles. The Kier molecular flexibility index (Phi) is 4.67. The molecule has 0 saturated heterocycles. The van der Waals surface area contributed by atoms with Crippen molar-refractivity contribution in [2.45, 2.75) is 0 Å². The molecule has 0 radical (unpaired) electrons. The molecule has 1 aromatic carbocycles. The maximum absolute atomic E-state index is 11.9. The van der Waals surface area contributed by atoms with Crippen molar-refractivity contribution in [2.24, 2.45) is 0 Å². The fourth-order valence-corrected chi connectivity index (χ4v) is 2.30. The molecule has 2 aromatic heterocycles. The molecule has 3 rings (SSSR count). The van der Waals surface area contributed by atoms with Gasteiger partial charge < -0.3 is 19.8 Å². The fraction of sp³-hybridized carbons (Fsp3) is 0.0588. The lowest BCUT2D eigenvalue weighted by atomic mass is 10.3. The third kappa shape index (κ3) is 3.67. The normalized spacial score (nSPS) is 10.2. The Morgan fingerprint density at radius 1 is 1.21 bits per heavy atom. The second-order valence-electron chi connectivity index (χ2n) is 4.84. The molecule has 0 aliphatic rings. The van der Waals surface area contributed by atoms with Crippen molar-refractivity contribution in [3.63, 3.8) is 0 Å². The van der Waals surface area contributed by atoms with E-state index < -0.39 is 0 Å². The molecular weight excluding hydrogens is 330 g/mol. The molecule has 0 atom stereocenters. The van der Waals surface area contributed by atoms with Crippen molar-refractivity contribution >= 4 is 34.7 Å². The zero-order valence-corrected chi connectivity index (χ0v) is 13.5. The van der Waals surface area contributed by atoms with Gasteiger partial charge in [-0.15, -0.1) is 0 Å². The first-order chi connectivity index (χ1) is 11.7. The van der Waals surface area contributed by atoms with Crippen molar-refractivity contribution in [2.75, 3.05) is 17.7 Å². The number of rotatable bonds is 5. The summed E-state index contributed by atoms with van der Waals surface area (Å²) >= 11 is 6.09. The van der Waals surface area contributed by atoms with Crippen LogP contribution < -0.4 is 15.4 Å². The van der Waals surface area contributed by atoms with Gasteiger partial charge in [0.25, 0.3) is 5.91 Å². The number of pyridine rings is 1. The molecule has 0 spiro atoms. The Bertz CT molecular complexity index is 833. The van der Waals surface area contributed by atoms with E-state index in [1.807, 2.05) is 6.07 Å². The number of nitrogens with zero attached hydrogens (tertiary/aromatic N) is 1. The summed E-state index contributed by atoms with van der Waals surface area (Å²) < 4.78 is 10.1. The standard InChI is InChI=1S/C17H14ClN3O3/c1-23-14-6-4-11(9-13(14)18)20-12-5-7-16(19-10-12)21-17(22)15-3-2-8-24-15/h2-10,20H,1H3,(H,19,21,22). The predicted molar refractivity (Wildman–Crippen MR) is 92.2 cm³/mol. The number of benzene rings is 1. The SMILES string of the molecule is COc1ccc(Nc2ccc(NC(=O)c3ccco3)nc2)cc1Cl. The largest absolute Gasteiger partial charge is 0.495 e. The quantitative estimate of drug-likeness (QED) is 0.721. The highest BCUT2D eigenvalue weighted by Gasteiger charge is 2.09. The summed E-state index contributed by atoms with van der Waals surface area (Å²) in [7, 11) is 1.56. The number of hydrogen-bond donors (Lipinski definition) is 2. The minimum Gasteiger partial charge on any atom is -0.495 e. The topological polar surface area (TPSA) is 76.4 Å². The van der Waals surface area contributed by atoms with Crippen LogP contribution in [0.15, 0.2) is 59.3 Å². The molecule has 2 N–H and O–H groups in total. The average Bonchev–Trinajstić information content (AvgIpc) is 3.11. The molecule has 0 aliphatic heterocycles. The minimum atomic E-state index is -0.352. The Morgan fingerprint density at radius 3 is 2.67 bits per heavy atom. The van der Waals surface area contributed by atoms with E-state index in [2.05, 4.69) is 15.6 Å². The molecule has 0 fully saturated rings. The monoisotopic (exact) mass is 343 g/mol. The average molecular weight is 344 g/mol. The molecule has 1 amide bonds. The maximum Gasteiger partial charge on any atom is 0.292 e. The summed E-state index contributed by atoms with van der Waals surface area (Å²) in [6.45, 7) is 0. The summed E-state index contributed by atoms with van der Waals surface area (Å²) in [6.07, 6.45) is 3.05. The van der Waals surface area contributed by atoms with Crippen LogP contribution in [0.5, 0.6) is 5.75 Å². The van der Waals surface area contributed by atoms with Crippen molar-refractivity contribution < 1.29 is 13.9 Å². The molecule has 0 saturated carbocycles. The van der Waals surface area contributed by atoms with Crippen molar-refractivity contribution in [3.8, 4) is 5.75 Å². The maximum atomic E-state index is 11.9. The van der Waals surface area contributed by atoms with Gasteiger partial charge in [0.2, 0.25) is 0 Å². The van der Waals surface area contributed by atoms with Gasteiger partial charge in [-0.05, 0) is 42.5 Å². The third-order valence-electron chi connectivity index (χ3n) is 3.19. The van der Waals surface area contributed by atoms with Gasteiger partial charge in [0.15, 0.2) is 5.76 Å². The van der Waals surface area contributed by atoms with Crippen LogP contribution in [0.25, 0.3) is 0 Å². The van der Waals surface area contributed by atoms with E-state index in [9.17, 15) is 4.79 Å². The smallest absolute Gasteiger partial charge is 0.292 e. The number of amides is 1. The second-order valence-corrected chi connectivity index (χ2v) is 5.25. The van der Waals surface area contributed by atoms with Crippen LogP contribution >= 0.6 is 11.6 Å². The first-order valence-electron chi connectivity index (χ1n) is 7.07. The van der Waals surface area contributed by atoms with Crippen molar-refractivity contribution in [1.82, 2.24) is 4.98 Å². The van der Waals surface area contributed by atoms with E-state index >= 15 is 0 Å². The molecule has 0 bridgehead atoms. The number of halogens is 1. The number of furan rings is 1. The Morgan fingerprint density at radius 2 is 2.04 bits per heavy atom. The van der Waals surface area contributed by atoms with E-state index in [1.54, 1.807) is 49.7 Å². The first kappa shape index (κ1) is 15.9. The second kappa shape index (κ2) is 7.06. The summed E-state index contributed by atoms with van der Waals surface area (Å²) in [6, 6.07) is 12.1. The summed E-state index contributed by atoms with van der Waals surface area (Å²) in [4.78, 5) is 16.0. The van der Waals surface area contributed by atoms with Gasteiger partial charge in [-0.2, -0.15) is 0 Å². The summed E-state index contributed by atoms with van der Waals surface area (Å²) in [5.41, 5.74) is 1.56. The number of carbonyl (C=O) groups is 1. The number of anilines is 3. The van der Waals surface area contributed by atoms with Gasteiger partial charge in [0.1, 0.15) is 11.6 Å². The third-order valence-corrected chi connectivity index (χ3v) is 3.49. The van der Waals surface area contributed by atoms with Gasteiger partial charge in [0, 0.05) is 5.69 Å². The number of hydrogen-bond acceptors (Lipinski definition) is 5. The molecule has 0 unspecified atom stereocenters. The van der Waals surface area contributed by atoms with Crippen LogP contribution in [0.4, 0.5) is 17.2 Å². The molecule has 7 heteroatoms. The number of methoxy groups -OCH3 is 1. The number of carbonyl (C=O) groups excluding carboxylic acids is 1. The van der Waals surface area contributed by atoms with E-state index in [0.717, 1.165) is 11.4 Å². The molecule has 24 heavy (non-hydrogen) atoms. The fourth-order valence-electron chi connectivity index (χ4n) is 2.04. The van der Waals surface area contributed by atoms with E-state index in [0.29, 0.717) is 16.6 Å². The van der Waals surface area contributed by atoms with Crippen LogP contribution in [-0.4, -0.2) is 18.0 Å². The van der Waals surface area contributed by atoms with Gasteiger partial charge >= 0.3 is 0 Å². The molecular formula is C17H14ClN3O3. The highest BCUT2D eigenvalue weighted by Crippen LogP contribution is 2.28. The van der Waals surface area contributed by atoms with Gasteiger partial charge in [-0.25, -0.2) is 4.98 Å². The Balaban J connectivity index is 1.66. The summed E-state index contributed by atoms with van der Waals surface area (Å²) in [5.74, 6) is 0.910. The van der Waals surface area contributed by atoms with Crippen LogP contribution in [0, 0.1) is 0 Å². The Labute approximate surface area is 143 Å². The predicted octanol–water partition coefficient (Wildman–Crippen LogP) is 4.33. The molecule has 3 aromatic rings. The zero-order valence-electron chi connectivity index (χ0n) is 12.7. The number of aromatic nitrogens is 1. The van der Waals surface area contributed by atoms with Crippen LogP contribution in [0.1, 0.15) is 10.6 Å².